The molecule has 1 aromatic carbocycles. The van der Waals surface area contributed by atoms with Gasteiger partial charge in [0.25, 0.3) is 0 Å². The molecule has 24 heavy (non-hydrogen) atoms. The van der Waals surface area contributed by atoms with E-state index in [9.17, 15) is 14.7 Å². The standard InChI is InChI=1S/C16H24N4O3.H2O/c17-13(7-4-8-20-16(18)19)14(21)10-12(15(22)23)9-11-5-2-1-3-6-11;/h1-3,5-6,12-13H,4,7-10,17H2,(H,22,23)(H4,18,19,20);1H2/t12-,13+;/m1./s1. The summed E-state index contributed by atoms with van der Waals surface area (Å²) in [6.45, 7) is 0.398. The predicted molar refractivity (Wildman–Crippen MR) is 92.4 cm³/mol. The van der Waals surface area contributed by atoms with Crippen LogP contribution in [0.25, 0.3) is 0 Å². The fourth-order valence-corrected chi connectivity index (χ4v) is 2.22. The molecule has 0 unspecified atom stereocenters. The summed E-state index contributed by atoms with van der Waals surface area (Å²) in [5, 5.41) is 9.30. The monoisotopic (exact) mass is 338 g/mol. The Balaban J connectivity index is 0.00000529. The molecule has 0 saturated carbocycles. The molecule has 0 aliphatic rings. The number of nitrogens with two attached hydrogens (primary N) is 3. The van der Waals surface area contributed by atoms with Crippen LogP contribution in [0.3, 0.4) is 0 Å². The largest absolute Gasteiger partial charge is 0.481 e. The molecule has 0 aliphatic heterocycles. The zero-order valence-electron chi connectivity index (χ0n) is 13.5. The van der Waals surface area contributed by atoms with E-state index in [-0.39, 0.29) is 23.6 Å². The van der Waals surface area contributed by atoms with Gasteiger partial charge in [-0.1, -0.05) is 30.3 Å². The highest BCUT2D eigenvalue weighted by molar-refractivity contribution is 5.87. The summed E-state index contributed by atoms with van der Waals surface area (Å²) in [5.41, 5.74) is 17.1. The lowest BCUT2D eigenvalue weighted by Crippen LogP contribution is -2.34. The van der Waals surface area contributed by atoms with Crippen molar-refractivity contribution < 1.29 is 20.2 Å². The number of hydrogen-bond donors (Lipinski definition) is 4. The fraction of sp³-hybridized carbons (Fsp3) is 0.438. The lowest BCUT2D eigenvalue weighted by atomic mass is 9.91. The molecule has 0 heterocycles. The minimum Gasteiger partial charge on any atom is -0.481 e. The molecular formula is C16H26N4O4. The third-order valence-corrected chi connectivity index (χ3v) is 3.50. The van der Waals surface area contributed by atoms with Gasteiger partial charge in [-0.15, -0.1) is 0 Å². The van der Waals surface area contributed by atoms with Crippen molar-refractivity contribution in [3.63, 3.8) is 0 Å². The van der Waals surface area contributed by atoms with Crippen molar-refractivity contribution in [2.75, 3.05) is 6.54 Å². The first-order valence-electron chi connectivity index (χ1n) is 7.50. The van der Waals surface area contributed by atoms with Crippen molar-refractivity contribution in [3.05, 3.63) is 35.9 Å². The zero-order valence-corrected chi connectivity index (χ0v) is 13.5. The molecule has 2 atom stereocenters. The van der Waals surface area contributed by atoms with E-state index in [0.717, 1.165) is 5.56 Å². The number of guanidine groups is 1. The highest BCUT2D eigenvalue weighted by atomic mass is 16.4. The van der Waals surface area contributed by atoms with Gasteiger partial charge >= 0.3 is 5.97 Å². The van der Waals surface area contributed by atoms with Crippen LogP contribution in [0.1, 0.15) is 24.8 Å². The topological polar surface area (TPSA) is 176 Å². The summed E-state index contributed by atoms with van der Waals surface area (Å²) in [6, 6.07) is 8.53. The molecule has 0 spiro atoms. The molecule has 0 amide bonds. The van der Waals surface area contributed by atoms with E-state index >= 15 is 0 Å². The van der Waals surface area contributed by atoms with Crippen molar-refractivity contribution in [1.29, 1.82) is 0 Å². The molecule has 8 heteroatoms. The Morgan fingerprint density at radius 1 is 1.17 bits per heavy atom. The predicted octanol–water partition coefficient (Wildman–Crippen LogP) is -0.555. The van der Waals surface area contributed by atoms with Crippen LogP contribution in [0, 0.1) is 5.92 Å². The van der Waals surface area contributed by atoms with Crippen molar-refractivity contribution in [1.82, 2.24) is 0 Å². The number of ketones is 1. The number of rotatable bonds is 10. The average Bonchev–Trinajstić information content (AvgIpc) is 2.51. The van der Waals surface area contributed by atoms with Crippen LogP contribution in [0.15, 0.2) is 35.3 Å². The molecule has 1 rings (SSSR count). The SMILES string of the molecule is NC(N)=NCCC[C@H](N)C(=O)C[C@@H](Cc1ccccc1)C(=O)O.O. The first-order valence-corrected chi connectivity index (χ1v) is 7.50. The Morgan fingerprint density at radius 3 is 2.33 bits per heavy atom. The first kappa shape index (κ1) is 21.6. The fourth-order valence-electron chi connectivity index (χ4n) is 2.22. The minimum atomic E-state index is -0.991. The maximum Gasteiger partial charge on any atom is 0.307 e. The van der Waals surface area contributed by atoms with Crippen molar-refractivity contribution in [2.24, 2.45) is 28.1 Å². The molecule has 0 saturated heterocycles. The molecule has 1 aromatic rings. The van der Waals surface area contributed by atoms with Crippen molar-refractivity contribution in [2.45, 2.75) is 31.7 Å². The summed E-state index contributed by atoms with van der Waals surface area (Å²) in [6.07, 6.45) is 1.23. The molecule has 0 aromatic heterocycles. The van der Waals surface area contributed by atoms with Crippen LogP contribution in [0.2, 0.25) is 0 Å². The molecule has 9 N–H and O–H groups in total. The average molecular weight is 338 g/mol. The summed E-state index contributed by atoms with van der Waals surface area (Å²) in [4.78, 5) is 27.3. The normalized spacial score (nSPS) is 12.5. The number of carboxylic acid groups (broad SMARTS) is 1. The first-order chi connectivity index (χ1) is 10.9. The maximum absolute atomic E-state index is 12.1. The maximum atomic E-state index is 12.1. The van der Waals surface area contributed by atoms with Gasteiger partial charge in [-0.3, -0.25) is 14.6 Å². The lowest BCUT2D eigenvalue weighted by molar-refractivity contribution is -0.143. The summed E-state index contributed by atoms with van der Waals surface area (Å²) >= 11 is 0. The van der Waals surface area contributed by atoms with Crippen LogP contribution < -0.4 is 17.2 Å². The number of benzene rings is 1. The summed E-state index contributed by atoms with van der Waals surface area (Å²) < 4.78 is 0. The number of Topliss-reactive ketones (excluding diaryl/α,β-unsaturated/α-hetero) is 1. The van der Waals surface area contributed by atoms with Crippen molar-refractivity contribution in [3.8, 4) is 0 Å². The Bertz CT molecular complexity index is 544. The Labute approximate surface area is 141 Å². The Morgan fingerprint density at radius 2 is 1.79 bits per heavy atom. The number of carboxylic acids is 1. The third-order valence-electron chi connectivity index (χ3n) is 3.50. The molecule has 0 bridgehead atoms. The van der Waals surface area contributed by atoms with Gasteiger partial charge in [0.1, 0.15) is 5.78 Å². The van der Waals surface area contributed by atoms with Gasteiger partial charge in [0, 0.05) is 13.0 Å². The smallest absolute Gasteiger partial charge is 0.307 e. The molecule has 8 nitrogen and oxygen atoms in total. The van der Waals surface area contributed by atoms with Gasteiger partial charge in [0.05, 0.1) is 12.0 Å². The molecule has 0 radical (unpaired) electrons. The van der Waals surface area contributed by atoms with E-state index < -0.39 is 17.9 Å². The van der Waals surface area contributed by atoms with Gasteiger partial charge in [0.2, 0.25) is 0 Å². The second-order valence-electron chi connectivity index (χ2n) is 5.45. The highest BCUT2D eigenvalue weighted by Gasteiger charge is 2.24. The van der Waals surface area contributed by atoms with Gasteiger partial charge in [0.15, 0.2) is 5.96 Å². The van der Waals surface area contributed by atoms with Crippen LogP contribution >= 0.6 is 0 Å². The summed E-state index contributed by atoms with van der Waals surface area (Å²) in [7, 11) is 0. The van der Waals surface area contributed by atoms with Gasteiger partial charge < -0.3 is 27.8 Å². The van der Waals surface area contributed by atoms with E-state index in [1.54, 1.807) is 0 Å². The number of hydrogen-bond acceptors (Lipinski definition) is 4. The lowest BCUT2D eigenvalue weighted by Gasteiger charge is -2.15. The number of aliphatic imine (C=N–C) groups is 1. The summed E-state index contributed by atoms with van der Waals surface area (Å²) in [5.74, 6) is -2.01. The third kappa shape index (κ3) is 8.25. The van der Waals surface area contributed by atoms with Crippen molar-refractivity contribution >= 4 is 17.7 Å². The molecular weight excluding hydrogens is 312 g/mol. The second kappa shape index (κ2) is 11.1. The van der Waals surface area contributed by atoms with E-state index in [0.29, 0.717) is 25.8 Å². The van der Waals surface area contributed by atoms with E-state index in [2.05, 4.69) is 4.99 Å². The second-order valence-corrected chi connectivity index (χ2v) is 5.45. The zero-order chi connectivity index (χ0) is 17.2. The molecule has 0 fully saturated rings. The van der Waals surface area contributed by atoms with E-state index in [1.807, 2.05) is 30.3 Å². The number of carbonyl (C=O) groups excluding carboxylic acids is 1. The minimum absolute atomic E-state index is 0. The Kier molecular flexibility index (Phi) is 10.0. The quantitative estimate of drug-likeness (QED) is 0.252. The van der Waals surface area contributed by atoms with Crippen LogP contribution in [-0.4, -0.2) is 40.9 Å². The molecule has 134 valence electrons. The number of aliphatic carboxylic acids is 1. The Hall–Kier alpha value is -2.45. The van der Waals surface area contributed by atoms with E-state index in [1.165, 1.54) is 0 Å². The van der Waals surface area contributed by atoms with Crippen LogP contribution in [0.4, 0.5) is 0 Å². The van der Waals surface area contributed by atoms with Crippen LogP contribution in [0.5, 0.6) is 0 Å². The molecule has 0 aliphatic carbocycles. The number of nitrogens with zero attached hydrogens (tertiary/aromatic N) is 1. The van der Waals surface area contributed by atoms with E-state index in [4.69, 9.17) is 17.2 Å². The van der Waals surface area contributed by atoms with Gasteiger partial charge in [-0.2, -0.15) is 0 Å². The van der Waals surface area contributed by atoms with Crippen LogP contribution in [-0.2, 0) is 16.0 Å². The number of carbonyl (C=O) groups is 2. The van der Waals surface area contributed by atoms with Gasteiger partial charge in [-0.25, -0.2) is 0 Å². The van der Waals surface area contributed by atoms with Gasteiger partial charge in [-0.05, 0) is 24.8 Å². The highest BCUT2D eigenvalue weighted by Crippen LogP contribution is 2.15.